The third-order valence-electron chi connectivity index (χ3n) is 5.19. The van der Waals surface area contributed by atoms with E-state index < -0.39 is 22.2 Å². The molecule has 8 nitrogen and oxygen atoms in total. The zero-order valence-corrected chi connectivity index (χ0v) is 15.5. The van der Waals surface area contributed by atoms with Crippen LogP contribution in [0.25, 0.3) is 32.9 Å². The van der Waals surface area contributed by atoms with Crippen molar-refractivity contribution in [3.05, 3.63) is 102 Å². The molecule has 0 amide bonds. The van der Waals surface area contributed by atoms with Crippen molar-refractivity contribution >= 4 is 32.9 Å². The third-order valence-corrected chi connectivity index (χ3v) is 5.19. The third kappa shape index (κ3) is 2.34. The predicted octanol–water partition coefficient (Wildman–Crippen LogP) is 1.06. The quantitative estimate of drug-likeness (QED) is 0.428. The molecule has 0 radical (unpaired) electrons. The Kier molecular flexibility index (Phi) is 3.54. The number of aromatic nitrogens is 2. The topological polar surface area (TPSA) is 130 Å². The van der Waals surface area contributed by atoms with Gasteiger partial charge in [-0.15, -0.1) is 0 Å². The summed E-state index contributed by atoms with van der Waals surface area (Å²) >= 11 is 0. The molecule has 0 aliphatic carbocycles. The smallest absolute Gasteiger partial charge is 0.266 e. The van der Waals surface area contributed by atoms with Gasteiger partial charge in [0.1, 0.15) is 0 Å². The molecule has 146 valence electrons. The van der Waals surface area contributed by atoms with E-state index in [-0.39, 0.29) is 21.5 Å². The summed E-state index contributed by atoms with van der Waals surface area (Å²) in [6.07, 6.45) is 0. The summed E-state index contributed by atoms with van der Waals surface area (Å²) in [6.45, 7) is 0. The van der Waals surface area contributed by atoms with Crippen LogP contribution in [0.2, 0.25) is 0 Å². The molecule has 0 aliphatic rings. The fourth-order valence-electron chi connectivity index (χ4n) is 3.69. The van der Waals surface area contributed by atoms with Crippen molar-refractivity contribution in [3.63, 3.8) is 0 Å². The summed E-state index contributed by atoms with van der Waals surface area (Å²) in [5, 5.41) is 0.318. The normalized spacial score (nSPS) is 11.5. The molecule has 0 unspecified atom stereocenters. The number of hydrogen-bond donors (Lipinski definition) is 2. The highest BCUT2D eigenvalue weighted by molar-refractivity contribution is 5.98. The van der Waals surface area contributed by atoms with Crippen LogP contribution in [0.3, 0.4) is 0 Å². The highest BCUT2D eigenvalue weighted by Crippen LogP contribution is 2.18. The van der Waals surface area contributed by atoms with Crippen LogP contribution in [-0.2, 0) is 0 Å². The Labute approximate surface area is 167 Å². The molecule has 2 aromatic heterocycles. The van der Waals surface area contributed by atoms with Crippen molar-refractivity contribution in [2.45, 2.75) is 0 Å². The van der Waals surface area contributed by atoms with Crippen LogP contribution >= 0.6 is 0 Å². The lowest BCUT2D eigenvalue weighted by Gasteiger charge is -2.00. The van der Waals surface area contributed by atoms with Crippen LogP contribution in [0, 0.1) is 0 Å². The first kappa shape index (κ1) is 17.6. The summed E-state index contributed by atoms with van der Waals surface area (Å²) in [4.78, 5) is 51.7. The summed E-state index contributed by atoms with van der Waals surface area (Å²) in [5.41, 5.74) is 10.8. The average molecular weight is 398 g/mol. The van der Waals surface area contributed by atoms with E-state index in [9.17, 15) is 19.2 Å². The summed E-state index contributed by atoms with van der Waals surface area (Å²) in [5.74, 6) is 0. The van der Waals surface area contributed by atoms with Crippen molar-refractivity contribution in [1.82, 2.24) is 9.13 Å². The standard InChI is InChI=1S/C22H14N4O4/c23-11-1-5-13(6-2-11)25-19(27)15-9-17-18(10-16(15)20(25)28)22(30)26(21(17)29)14-7-3-12(24)4-8-14/h1-10H,23-24H2. The monoisotopic (exact) mass is 398 g/mol. The van der Waals surface area contributed by atoms with Gasteiger partial charge in [0.25, 0.3) is 22.2 Å². The first-order chi connectivity index (χ1) is 14.4. The van der Waals surface area contributed by atoms with Crippen molar-refractivity contribution in [2.75, 3.05) is 11.5 Å². The maximum absolute atomic E-state index is 12.9. The Morgan fingerprint density at radius 1 is 0.467 bits per heavy atom. The van der Waals surface area contributed by atoms with Gasteiger partial charge in [0.15, 0.2) is 0 Å². The number of fused-ring (bicyclic) bond motifs is 2. The molecule has 4 N–H and O–H groups in total. The largest absolute Gasteiger partial charge is 0.399 e. The zero-order valence-electron chi connectivity index (χ0n) is 15.5. The molecule has 3 aromatic carbocycles. The van der Waals surface area contributed by atoms with Crippen LogP contribution in [0.1, 0.15) is 0 Å². The number of anilines is 2. The second kappa shape index (κ2) is 6.02. The van der Waals surface area contributed by atoms with Crippen LogP contribution in [0.15, 0.2) is 79.8 Å². The number of benzene rings is 3. The van der Waals surface area contributed by atoms with Gasteiger partial charge in [0.05, 0.1) is 32.9 Å². The van der Waals surface area contributed by atoms with Gasteiger partial charge in [-0.3, -0.25) is 19.2 Å². The van der Waals surface area contributed by atoms with Crippen LogP contribution in [0.5, 0.6) is 0 Å². The first-order valence-corrected chi connectivity index (χ1v) is 9.03. The Morgan fingerprint density at radius 3 is 1.00 bits per heavy atom. The maximum atomic E-state index is 12.9. The fourth-order valence-corrected chi connectivity index (χ4v) is 3.69. The molecule has 0 saturated carbocycles. The van der Waals surface area contributed by atoms with Crippen LogP contribution in [0.4, 0.5) is 11.4 Å². The molecule has 0 aliphatic heterocycles. The lowest BCUT2D eigenvalue weighted by atomic mass is 10.1. The fraction of sp³-hybridized carbons (Fsp3) is 0. The summed E-state index contributed by atoms with van der Waals surface area (Å²) < 4.78 is 2.01. The molecule has 5 aromatic rings. The molecule has 30 heavy (non-hydrogen) atoms. The maximum Gasteiger partial charge on any atom is 0.266 e. The Balaban J connectivity index is 1.83. The number of nitrogens with zero attached hydrogens (tertiary/aromatic N) is 2. The second-order valence-electron chi connectivity index (χ2n) is 7.02. The van der Waals surface area contributed by atoms with Crippen molar-refractivity contribution in [2.24, 2.45) is 0 Å². The van der Waals surface area contributed by atoms with E-state index in [0.29, 0.717) is 22.7 Å². The van der Waals surface area contributed by atoms with E-state index in [4.69, 9.17) is 11.5 Å². The molecule has 2 heterocycles. The lowest BCUT2D eigenvalue weighted by Crippen LogP contribution is -2.24. The van der Waals surface area contributed by atoms with Gasteiger partial charge < -0.3 is 11.5 Å². The molecule has 8 heteroatoms. The van der Waals surface area contributed by atoms with E-state index in [1.165, 1.54) is 12.1 Å². The Hall–Kier alpha value is -4.46. The van der Waals surface area contributed by atoms with Gasteiger partial charge >= 0.3 is 0 Å². The van der Waals surface area contributed by atoms with E-state index in [1.807, 2.05) is 0 Å². The predicted molar refractivity (Wildman–Crippen MR) is 116 cm³/mol. The van der Waals surface area contributed by atoms with E-state index in [1.54, 1.807) is 48.5 Å². The first-order valence-electron chi connectivity index (χ1n) is 9.03. The van der Waals surface area contributed by atoms with Crippen molar-refractivity contribution in [3.8, 4) is 11.4 Å². The minimum atomic E-state index is -0.561. The number of nitrogens with two attached hydrogens (primary N) is 2. The molecule has 0 fully saturated rings. The van der Waals surface area contributed by atoms with Gasteiger partial charge in [-0.1, -0.05) is 0 Å². The van der Waals surface area contributed by atoms with E-state index >= 15 is 0 Å². The molecule has 0 bridgehead atoms. The van der Waals surface area contributed by atoms with Gasteiger partial charge in [-0.05, 0) is 60.7 Å². The van der Waals surface area contributed by atoms with Gasteiger partial charge in [0.2, 0.25) is 0 Å². The van der Waals surface area contributed by atoms with Crippen molar-refractivity contribution < 1.29 is 0 Å². The van der Waals surface area contributed by atoms with E-state index in [0.717, 1.165) is 9.13 Å². The Bertz CT molecular complexity index is 1470. The molecule has 0 atom stereocenters. The average Bonchev–Trinajstić information content (AvgIpc) is 3.13. The second-order valence-corrected chi connectivity index (χ2v) is 7.02. The molecule has 5 rings (SSSR count). The van der Waals surface area contributed by atoms with Gasteiger partial charge in [0, 0.05) is 11.4 Å². The molecular weight excluding hydrogens is 384 g/mol. The van der Waals surface area contributed by atoms with Crippen molar-refractivity contribution in [1.29, 1.82) is 0 Å². The molecule has 0 saturated heterocycles. The molecular formula is C22H14N4O4. The van der Waals surface area contributed by atoms with Gasteiger partial charge in [-0.2, -0.15) is 0 Å². The summed E-state index contributed by atoms with van der Waals surface area (Å²) in [6, 6.07) is 15.2. The van der Waals surface area contributed by atoms with E-state index in [2.05, 4.69) is 0 Å². The van der Waals surface area contributed by atoms with Crippen LogP contribution in [-0.4, -0.2) is 9.13 Å². The Morgan fingerprint density at radius 2 is 0.733 bits per heavy atom. The minimum Gasteiger partial charge on any atom is -0.399 e. The number of nitrogen functional groups attached to an aromatic ring is 2. The highest BCUT2D eigenvalue weighted by Gasteiger charge is 2.20. The highest BCUT2D eigenvalue weighted by atomic mass is 16.2. The lowest BCUT2D eigenvalue weighted by molar-refractivity contribution is 0.988. The van der Waals surface area contributed by atoms with Gasteiger partial charge in [-0.25, -0.2) is 9.13 Å². The van der Waals surface area contributed by atoms with Crippen LogP contribution < -0.4 is 33.7 Å². The SMILES string of the molecule is Nc1ccc(-n2c(=O)c3cc4c(=O)n(-c5ccc(N)cc5)c(=O)c4cc3c2=O)cc1. The molecule has 0 spiro atoms. The summed E-state index contributed by atoms with van der Waals surface area (Å²) in [7, 11) is 0. The zero-order chi connectivity index (χ0) is 21.2. The number of rotatable bonds is 2. The number of hydrogen-bond acceptors (Lipinski definition) is 6. The minimum absolute atomic E-state index is 0.0795.